The monoisotopic (exact) mass is 295 g/mol. The zero-order valence-corrected chi connectivity index (χ0v) is 11.5. The fourth-order valence-corrected chi connectivity index (χ4v) is 2.61. The Hall–Kier alpha value is -1.79. The minimum Gasteiger partial charge on any atom is -0.465 e. The standard InChI is InChI=1S/C12H10ClN3O2S/c1-18-12(17)8-4-7(14)5-9(13)11(8)19-10-6-15-2-3-16-10/h2-6H,14H2,1H3. The van der Waals surface area contributed by atoms with E-state index in [1.54, 1.807) is 24.7 Å². The van der Waals surface area contributed by atoms with Crippen molar-refractivity contribution >= 4 is 35.0 Å². The molecule has 0 spiro atoms. The minimum absolute atomic E-state index is 0.308. The highest BCUT2D eigenvalue weighted by Crippen LogP contribution is 2.36. The number of aromatic nitrogens is 2. The van der Waals surface area contributed by atoms with Gasteiger partial charge < -0.3 is 10.5 Å². The Morgan fingerprint density at radius 3 is 2.84 bits per heavy atom. The molecular weight excluding hydrogens is 286 g/mol. The number of methoxy groups -OCH3 is 1. The van der Waals surface area contributed by atoms with Gasteiger partial charge in [0.05, 0.1) is 23.9 Å². The van der Waals surface area contributed by atoms with Gasteiger partial charge >= 0.3 is 5.97 Å². The van der Waals surface area contributed by atoms with Crippen molar-refractivity contribution in [1.29, 1.82) is 0 Å². The highest BCUT2D eigenvalue weighted by molar-refractivity contribution is 7.99. The molecule has 2 rings (SSSR count). The van der Waals surface area contributed by atoms with Gasteiger partial charge in [-0.25, -0.2) is 9.78 Å². The molecule has 2 N–H and O–H groups in total. The molecule has 2 aromatic rings. The van der Waals surface area contributed by atoms with Crippen LogP contribution < -0.4 is 5.73 Å². The molecule has 1 heterocycles. The molecule has 0 amide bonds. The number of esters is 1. The Morgan fingerprint density at radius 1 is 1.42 bits per heavy atom. The quantitative estimate of drug-likeness (QED) is 0.693. The first-order valence-corrected chi connectivity index (χ1v) is 6.42. The van der Waals surface area contributed by atoms with Crippen molar-refractivity contribution in [2.24, 2.45) is 0 Å². The number of carbonyl (C=O) groups is 1. The molecule has 98 valence electrons. The van der Waals surface area contributed by atoms with Crippen LogP contribution in [0.5, 0.6) is 0 Å². The summed E-state index contributed by atoms with van der Waals surface area (Å²) in [6.45, 7) is 0. The lowest BCUT2D eigenvalue weighted by molar-refractivity contribution is 0.0597. The van der Waals surface area contributed by atoms with Crippen molar-refractivity contribution < 1.29 is 9.53 Å². The molecule has 19 heavy (non-hydrogen) atoms. The zero-order chi connectivity index (χ0) is 13.8. The van der Waals surface area contributed by atoms with E-state index in [1.165, 1.54) is 24.9 Å². The third kappa shape index (κ3) is 3.15. The van der Waals surface area contributed by atoms with Gasteiger partial charge in [0.1, 0.15) is 5.03 Å². The number of anilines is 1. The van der Waals surface area contributed by atoms with Crippen molar-refractivity contribution in [3.05, 3.63) is 41.3 Å². The average Bonchev–Trinajstić information content (AvgIpc) is 2.42. The van der Waals surface area contributed by atoms with Crippen LogP contribution in [0.1, 0.15) is 10.4 Å². The molecule has 0 radical (unpaired) electrons. The molecule has 1 aromatic carbocycles. The summed E-state index contributed by atoms with van der Waals surface area (Å²) >= 11 is 7.36. The molecular formula is C12H10ClN3O2S. The van der Waals surface area contributed by atoms with Crippen LogP contribution in [0.3, 0.4) is 0 Å². The maximum absolute atomic E-state index is 11.7. The molecule has 0 aliphatic rings. The normalized spacial score (nSPS) is 10.2. The maximum Gasteiger partial charge on any atom is 0.339 e. The van der Waals surface area contributed by atoms with Crippen molar-refractivity contribution in [2.75, 3.05) is 12.8 Å². The number of hydrogen-bond donors (Lipinski definition) is 1. The van der Waals surface area contributed by atoms with Crippen molar-refractivity contribution in [2.45, 2.75) is 9.92 Å². The lowest BCUT2D eigenvalue weighted by Crippen LogP contribution is -2.05. The second-order valence-corrected chi connectivity index (χ2v) is 4.95. The highest BCUT2D eigenvalue weighted by atomic mass is 35.5. The molecule has 0 saturated heterocycles. The predicted molar refractivity (Wildman–Crippen MR) is 73.4 cm³/mol. The number of hydrogen-bond acceptors (Lipinski definition) is 6. The third-order valence-electron chi connectivity index (χ3n) is 2.22. The molecule has 0 aliphatic heterocycles. The topological polar surface area (TPSA) is 78.1 Å². The van der Waals surface area contributed by atoms with Crippen LogP contribution in [-0.4, -0.2) is 23.0 Å². The number of nitrogens with zero attached hydrogens (tertiary/aromatic N) is 2. The zero-order valence-electron chi connectivity index (χ0n) is 9.96. The summed E-state index contributed by atoms with van der Waals surface area (Å²) in [7, 11) is 1.30. The summed E-state index contributed by atoms with van der Waals surface area (Å²) in [5.41, 5.74) is 6.39. The number of rotatable bonds is 3. The number of nitrogens with two attached hydrogens (primary N) is 1. The SMILES string of the molecule is COC(=O)c1cc(N)cc(Cl)c1Sc1cnccn1. The first-order valence-electron chi connectivity index (χ1n) is 5.23. The summed E-state index contributed by atoms with van der Waals surface area (Å²) in [4.78, 5) is 20.4. The van der Waals surface area contributed by atoms with Crippen molar-refractivity contribution in [1.82, 2.24) is 9.97 Å². The summed E-state index contributed by atoms with van der Waals surface area (Å²) in [6, 6.07) is 3.10. The van der Waals surface area contributed by atoms with Crippen LogP contribution >= 0.6 is 23.4 Å². The first-order chi connectivity index (χ1) is 9.11. The number of halogens is 1. The van der Waals surface area contributed by atoms with Crippen LogP contribution in [0, 0.1) is 0 Å². The molecule has 0 fully saturated rings. The summed E-state index contributed by atoms with van der Waals surface area (Å²) < 4.78 is 4.72. The van der Waals surface area contributed by atoms with Gasteiger partial charge in [0, 0.05) is 23.0 Å². The Morgan fingerprint density at radius 2 is 2.21 bits per heavy atom. The van der Waals surface area contributed by atoms with Gasteiger partial charge in [-0.2, -0.15) is 0 Å². The van der Waals surface area contributed by atoms with Crippen LogP contribution in [0.4, 0.5) is 5.69 Å². The second-order valence-electron chi connectivity index (χ2n) is 3.52. The Kier molecular flexibility index (Phi) is 4.24. The largest absolute Gasteiger partial charge is 0.465 e. The van der Waals surface area contributed by atoms with Gasteiger partial charge in [-0.15, -0.1) is 0 Å². The lowest BCUT2D eigenvalue weighted by Gasteiger charge is -2.10. The Balaban J connectivity index is 2.46. The van der Waals surface area contributed by atoms with Crippen molar-refractivity contribution in [3.63, 3.8) is 0 Å². The highest BCUT2D eigenvalue weighted by Gasteiger charge is 2.17. The van der Waals surface area contributed by atoms with Gasteiger partial charge in [0.25, 0.3) is 0 Å². The van der Waals surface area contributed by atoms with E-state index in [-0.39, 0.29) is 0 Å². The molecule has 0 aliphatic carbocycles. The molecule has 0 bridgehead atoms. The second kappa shape index (κ2) is 5.90. The van der Waals surface area contributed by atoms with Gasteiger partial charge in [0.2, 0.25) is 0 Å². The van der Waals surface area contributed by atoms with E-state index in [0.29, 0.717) is 26.2 Å². The number of nitrogen functional groups attached to an aromatic ring is 1. The van der Waals surface area contributed by atoms with E-state index in [0.717, 1.165) is 0 Å². The molecule has 0 atom stereocenters. The minimum atomic E-state index is -0.499. The van der Waals surface area contributed by atoms with E-state index >= 15 is 0 Å². The van der Waals surface area contributed by atoms with E-state index in [9.17, 15) is 4.79 Å². The molecule has 7 heteroatoms. The van der Waals surface area contributed by atoms with Gasteiger partial charge in [0.15, 0.2) is 0 Å². The van der Waals surface area contributed by atoms with E-state index in [1.807, 2.05) is 0 Å². The van der Waals surface area contributed by atoms with Crippen molar-refractivity contribution in [3.8, 4) is 0 Å². The molecule has 5 nitrogen and oxygen atoms in total. The van der Waals surface area contributed by atoms with E-state index in [2.05, 4.69) is 9.97 Å². The van der Waals surface area contributed by atoms with Gasteiger partial charge in [-0.3, -0.25) is 4.98 Å². The molecule has 1 aromatic heterocycles. The van der Waals surface area contributed by atoms with Gasteiger partial charge in [-0.05, 0) is 12.1 Å². The average molecular weight is 296 g/mol. The molecule has 0 saturated carbocycles. The van der Waals surface area contributed by atoms with E-state index < -0.39 is 5.97 Å². The fraction of sp³-hybridized carbons (Fsp3) is 0.0833. The number of benzene rings is 1. The summed E-state index contributed by atoms with van der Waals surface area (Å²) in [5, 5.41) is 0.996. The van der Waals surface area contributed by atoms with Crippen LogP contribution in [-0.2, 0) is 4.74 Å². The lowest BCUT2D eigenvalue weighted by atomic mass is 10.2. The fourth-order valence-electron chi connectivity index (χ4n) is 1.42. The van der Waals surface area contributed by atoms with E-state index in [4.69, 9.17) is 22.1 Å². The predicted octanol–water partition coefficient (Wildman–Crippen LogP) is 2.65. The third-order valence-corrected chi connectivity index (χ3v) is 3.69. The number of carbonyl (C=O) groups excluding carboxylic acids is 1. The first kappa shape index (κ1) is 13.6. The van der Waals surface area contributed by atoms with Crippen LogP contribution in [0.25, 0.3) is 0 Å². The van der Waals surface area contributed by atoms with Crippen LogP contribution in [0.15, 0.2) is 40.6 Å². The van der Waals surface area contributed by atoms with Gasteiger partial charge in [-0.1, -0.05) is 23.4 Å². The molecule has 0 unspecified atom stereocenters. The number of ether oxygens (including phenoxy) is 1. The Bertz CT molecular complexity index is 607. The smallest absolute Gasteiger partial charge is 0.339 e. The summed E-state index contributed by atoms with van der Waals surface area (Å²) in [6.07, 6.45) is 4.71. The Labute approximate surface area is 119 Å². The maximum atomic E-state index is 11.7. The van der Waals surface area contributed by atoms with Crippen LogP contribution in [0.2, 0.25) is 5.02 Å². The summed E-state index contributed by atoms with van der Waals surface area (Å²) in [5.74, 6) is -0.499.